The Bertz CT molecular complexity index is 565. The number of fused-ring (bicyclic) bond motifs is 1. The zero-order valence-electron chi connectivity index (χ0n) is 14.0. The van der Waals surface area contributed by atoms with E-state index in [1.165, 1.54) is 11.8 Å². The molecule has 7 heteroatoms. The molecule has 2 heterocycles. The molecule has 0 amide bonds. The van der Waals surface area contributed by atoms with E-state index < -0.39 is 18.2 Å². The molecule has 0 bridgehead atoms. The number of thioether (sulfide) groups is 1. The summed E-state index contributed by atoms with van der Waals surface area (Å²) in [4.78, 5) is 0. The van der Waals surface area contributed by atoms with Gasteiger partial charge in [-0.25, -0.2) is 0 Å². The normalized spacial score (nSPS) is 31.5. The molecule has 24 heavy (non-hydrogen) atoms. The molecule has 4 atom stereocenters. The van der Waals surface area contributed by atoms with Gasteiger partial charge >= 0.3 is 0 Å². The third kappa shape index (κ3) is 4.28. The van der Waals surface area contributed by atoms with Crippen LogP contribution in [0.2, 0.25) is 0 Å². The van der Waals surface area contributed by atoms with Crippen molar-refractivity contribution in [3.05, 3.63) is 35.9 Å². The Labute approximate surface area is 151 Å². The van der Waals surface area contributed by atoms with Gasteiger partial charge in [0, 0.05) is 0 Å². The van der Waals surface area contributed by atoms with Gasteiger partial charge in [-0.05, 0) is 37.9 Å². The molecule has 0 aromatic heterocycles. The number of ether oxygens (including phenoxy) is 5. The molecule has 3 rings (SSSR count). The van der Waals surface area contributed by atoms with Gasteiger partial charge in [-0.3, -0.25) is 0 Å². The third-order valence-electron chi connectivity index (χ3n) is 3.89. The highest BCUT2D eigenvalue weighted by molar-refractivity contribution is 8.22. The van der Waals surface area contributed by atoms with Crippen LogP contribution in [-0.2, 0) is 30.3 Å². The average Bonchev–Trinajstić information content (AvgIpc) is 2.89. The van der Waals surface area contributed by atoms with Crippen LogP contribution in [0.4, 0.5) is 0 Å². The summed E-state index contributed by atoms with van der Waals surface area (Å²) in [6.45, 7) is 4.60. The summed E-state index contributed by atoms with van der Waals surface area (Å²) in [7, 11) is 0. The topological polar surface area (TPSA) is 46.2 Å². The van der Waals surface area contributed by atoms with Crippen LogP contribution in [0.5, 0.6) is 0 Å². The zero-order chi connectivity index (χ0) is 17.2. The Morgan fingerprint density at radius 2 is 2.04 bits per heavy atom. The summed E-state index contributed by atoms with van der Waals surface area (Å²) in [6, 6.07) is 9.94. The van der Waals surface area contributed by atoms with Crippen molar-refractivity contribution in [3.63, 3.8) is 0 Å². The van der Waals surface area contributed by atoms with E-state index in [1.807, 2.05) is 50.4 Å². The first-order valence-electron chi connectivity index (χ1n) is 7.86. The number of rotatable bonds is 4. The molecule has 2 fully saturated rings. The van der Waals surface area contributed by atoms with Crippen molar-refractivity contribution in [2.24, 2.45) is 0 Å². The van der Waals surface area contributed by atoms with Crippen molar-refractivity contribution < 1.29 is 23.7 Å². The van der Waals surface area contributed by atoms with Crippen molar-refractivity contribution in [2.45, 2.75) is 50.8 Å². The van der Waals surface area contributed by atoms with Crippen LogP contribution in [-0.4, -0.2) is 47.6 Å². The summed E-state index contributed by atoms with van der Waals surface area (Å²) in [5.74, 6) is -0.671. The van der Waals surface area contributed by atoms with Gasteiger partial charge in [0.05, 0.1) is 13.2 Å². The lowest BCUT2D eigenvalue weighted by molar-refractivity contribution is -0.250. The van der Waals surface area contributed by atoms with Crippen molar-refractivity contribution in [2.75, 3.05) is 12.9 Å². The van der Waals surface area contributed by atoms with Gasteiger partial charge in [-0.2, -0.15) is 0 Å². The van der Waals surface area contributed by atoms with Gasteiger partial charge in [0.15, 0.2) is 18.2 Å². The molecule has 0 spiro atoms. The van der Waals surface area contributed by atoms with E-state index in [0.29, 0.717) is 17.6 Å². The van der Waals surface area contributed by atoms with E-state index in [2.05, 4.69) is 0 Å². The minimum atomic E-state index is -0.671. The summed E-state index contributed by atoms with van der Waals surface area (Å²) in [5.41, 5.74) is 1.07. The molecule has 0 unspecified atom stereocenters. The lowest BCUT2D eigenvalue weighted by Gasteiger charge is -2.37. The molecule has 2 aliphatic rings. The SMILES string of the molecule is CSC(=S)O[C@H]1[C@@H](OCc2ccccc2)OC[C@@H]2OC(C)(C)O[C@H]12. The van der Waals surface area contributed by atoms with Crippen LogP contribution < -0.4 is 0 Å². The minimum Gasteiger partial charge on any atom is -0.467 e. The van der Waals surface area contributed by atoms with Crippen molar-refractivity contribution in [1.29, 1.82) is 0 Å². The first-order chi connectivity index (χ1) is 11.5. The molecule has 1 aromatic carbocycles. The van der Waals surface area contributed by atoms with Crippen LogP contribution in [0.15, 0.2) is 30.3 Å². The molecule has 132 valence electrons. The van der Waals surface area contributed by atoms with E-state index in [1.54, 1.807) is 0 Å². The molecule has 1 aromatic rings. The van der Waals surface area contributed by atoms with Crippen molar-refractivity contribution in [1.82, 2.24) is 0 Å². The van der Waals surface area contributed by atoms with Gasteiger partial charge in [-0.1, -0.05) is 42.1 Å². The van der Waals surface area contributed by atoms with E-state index in [0.717, 1.165) is 5.56 Å². The highest BCUT2D eigenvalue weighted by Crippen LogP contribution is 2.36. The van der Waals surface area contributed by atoms with Crippen LogP contribution in [0, 0.1) is 0 Å². The first kappa shape index (κ1) is 18.1. The highest BCUT2D eigenvalue weighted by atomic mass is 32.2. The summed E-state index contributed by atoms with van der Waals surface area (Å²) in [6.07, 6.45) is 0.383. The fourth-order valence-corrected chi connectivity index (χ4v) is 3.21. The number of thiocarbonyl (C=S) groups is 1. The molecule has 0 radical (unpaired) electrons. The van der Waals surface area contributed by atoms with Gasteiger partial charge in [0.1, 0.15) is 12.2 Å². The highest BCUT2D eigenvalue weighted by Gasteiger charge is 2.53. The predicted molar refractivity (Wildman–Crippen MR) is 95.8 cm³/mol. The number of benzene rings is 1. The number of hydrogen-bond donors (Lipinski definition) is 0. The summed E-state index contributed by atoms with van der Waals surface area (Å²) < 4.78 is 30.0. The van der Waals surface area contributed by atoms with E-state index in [-0.39, 0.29) is 12.2 Å². The third-order valence-corrected chi connectivity index (χ3v) is 4.92. The molecular formula is C17H22O5S2. The van der Waals surface area contributed by atoms with E-state index >= 15 is 0 Å². The molecule has 2 saturated heterocycles. The fourth-order valence-electron chi connectivity index (χ4n) is 2.89. The van der Waals surface area contributed by atoms with Gasteiger partial charge in [0.2, 0.25) is 4.38 Å². The molecule has 0 saturated carbocycles. The lowest BCUT2D eigenvalue weighted by atomic mass is 10.1. The monoisotopic (exact) mass is 370 g/mol. The van der Waals surface area contributed by atoms with Crippen molar-refractivity contribution in [3.8, 4) is 0 Å². The van der Waals surface area contributed by atoms with Gasteiger partial charge in [0.25, 0.3) is 0 Å². The average molecular weight is 370 g/mol. The Balaban J connectivity index is 1.70. The second kappa shape index (κ2) is 7.68. The molecule has 0 aliphatic carbocycles. The van der Waals surface area contributed by atoms with E-state index in [4.69, 9.17) is 35.9 Å². The van der Waals surface area contributed by atoms with Gasteiger partial charge in [-0.15, -0.1) is 0 Å². The fraction of sp³-hybridized carbons (Fsp3) is 0.588. The Kier molecular flexibility index (Phi) is 5.79. The quantitative estimate of drug-likeness (QED) is 0.755. The Morgan fingerprint density at radius 1 is 1.29 bits per heavy atom. The molecule has 5 nitrogen and oxygen atoms in total. The lowest BCUT2D eigenvalue weighted by Crippen LogP contribution is -2.54. The first-order valence-corrected chi connectivity index (χ1v) is 9.49. The second-order valence-electron chi connectivity index (χ2n) is 6.17. The minimum absolute atomic E-state index is 0.189. The molecule has 0 N–H and O–H groups in total. The second-order valence-corrected chi connectivity index (χ2v) is 7.58. The van der Waals surface area contributed by atoms with Crippen LogP contribution >= 0.6 is 24.0 Å². The van der Waals surface area contributed by atoms with Crippen LogP contribution in [0.3, 0.4) is 0 Å². The van der Waals surface area contributed by atoms with Crippen LogP contribution in [0.1, 0.15) is 19.4 Å². The predicted octanol–water partition coefficient (Wildman–Crippen LogP) is 3.11. The largest absolute Gasteiger partial charge is 0.467 e. The molecular weight excluding hydrogens is 348 g/mol. The maximum atomic E-state index is 6.02. The van der Waals surface area contributed by atoms with Crippen molar-refractivity contribution >= 4 is 28.4 Å². The van der Waals surface area contributed by atoms with Gasteiger partial charge < -0.3 is 23.7 Å². The summed E-state index contributed by atoms with van der Waals surface area (Å²) in [5, 5.41) is 0. The molecule has 2 aliphatic heterocycles. The van der Waals surface area contributed by atoms with E-state index in [9.17, 15) is 0 Å². The maximum Gasteiger partial charge on any atom is 0.220 e. The smallest absolute Gasteiger partial charge is 0.220 e. The zero-order valence-corrected chi connectivity index (χ0v) is 15.6. The number of hydrogen-bond acceptors (Lipinski definition) is 7. The Morgan fingerprint density at radius 3 is 2.75 bits per heavy atom. The Hall–Kier alpha value is -0.700. The van der Waals surface area contributed by atoms with Crippen LogP contribution in [0.25, 0.3) is 0 Å². The summed E-state index contributed by atoms with van der Waals surface area (Å²) >= 11 is 6.59. The standard InChI is InChI=1S/C17H22O5S2/c1-17(2)21-12-10-19-15(18-9-11-7-5-4-6-8-11)14(13(12)22-17)20-16(23)24-3/h4-8,12-15H,9-10H2,1-3H3/t12-,13-,14+,15-/m0/s1. The maximum absolute atomic E-state index is 6.02.